The van der Waals surface area contributed by atoms with Crippen molar-refractivity contribution < 1.29 is 26.3 Å². The molecule has 2 nitrogen and oxygen atoms in total. The summed E-state index contributed by atoms with van der Waals surface area (Å²) in [4.78, 5) is 0. The molecule has 0 aliphatic rings. The number of aromatic nitrogens is 2. The number of rotatable bonds is 2. The Hall–Kier alpha value is -4.72. The molecule has 8 heteroatoms. The minimum atomic E-state index is -4.51. The van der Waals surface area contributed by atoms with E-state index < -0.39 is 23.5 Å². The van der Waals surface area contributed by atoms with E-state index in [0.717, 1.165) is 67.9 Å². The minimum Gasteiger partial charge on any atom is -0.343 e. The lowest BCUT2D eigenvalue weighted by molar-refractivity contribution is -0.138. The maximum Gasteiger partial charge on any atom is 0.416 e. The molecule has 0 aliphatic carbocycles. The maximum atomic E-state index is 13.5. The third kappa shape index (κ3) is 3.74. The predicted molar refractivity (Wildman–Crippen MR) is 155 cm³/mol. The van der Waals surface area contributed by atoms with Gasteiger partial charge >= 0.3 is 12.4 Å². The van der Waals surface area contributed by atoms with Gasteiger partial charge in [0.15, 0.2) is 0 Å². The first-order valence-electron chi connectivity index (χ1n) is 13.2. The van der Waals surface area contributed by atoms with Crippen LogP contribution in [0.3, 0.4) is 0 Å². The van der Waals surface area contributed by atoms with E-state index in [-0.39, 0.29) is 0 Å². The summed E-state index contributed by atoms with van der Waals surface area (Å²) in [5.41, 5.74) is 4.36. The van der Waals surface area contributed by atoms with Crippen molar-refractivity contribution >= 4 is 43.6 Å². The second-order valence-corrected chi connectivity index (χ2v) is 10.5. The molecule has 0 aliphatic heterocycles. The first kappa shape index (κ1) is 26.2. The van der Waals surface area contributed by atoms with Gasteiger partial charge < -0.3 is 9.13 Å². The van der Waals surface area contributed by atoms with E-state index in [2.05, 4.69) is 4.57 Å². The number of benzene rings is 5. The Balaban J connectivity index is 1.74. The van der Waals surface area contributed by atoms with Crippen molar-refractivity contribution in [3.63, 3.8) is 0 Å². The molecule has 0 bridgehead atoms. The maximum absolute atomic E-state index is 13.5. The van der Waals surface area contributed by atoms with Gasteiger partial charge in [0.25, 0.3) is 0 Å². The van der Waals surface area contributed by atoms with Gasteiger partial charge in [0.1, 0.15) is 0 Å². The largest absolute Gasteiger partial charge is 0.416 e. The molecule has 0 unspecified atom stereocenters. The number of nitrogens with zero attached hydrogens (tertiary/aromatic N) is 2. The van der Waals surface area contributed by atoms with Gasteiger partial charge in [-0.25, -0.2) is 0 Å². The van der Waals surface area contributed by atoms with Crippen LogP contribution < -0.4 is 0 Å². The van der Waals surface area contributed by atoms with Crippen LogP contribution in [0.5, 0.6) is 0 Å². The average Bonchev–Trinajstić information content (AvgIpc) is 3.43. The first-order chi connectivity index (χ1) is 20.0. The second-order valence-electron chi connectivity index (χ2n) is 10.5. The summed E-state index contributed by atoms with van der Waals surface area (Å²) in [5, 5.41) is 3.62. The van der Waals surface area contributed by atoms with Crippen LogP contribution in [0.2, 0.25) is 0 Å². The Morgan fingerprint density at radius 3 is 1.33 bits per heavy atom. The van der Waals surface area contributed by atoms with Gasteiger partial charge in [-0.1, -0.05) is 60.7 Å². The lowest BCUT2D eigenvalue weighted by atomic mass is 9.87. The second kappa shape index (κ2) is 8.89. The molecular formula is C34H22F6N2. The van der Waals surface area contributed by atoms with Crippen molar-refractivity contribution in [2.24, 2.45) is 14.1 Å². The van der Waals surface area contributed by atoms with Crippen LogP contribution in [0.15, 0.2) is 97.1 Å². The van der Waals surface area contributed by atoms with Crippen LogP contribution in [-0.2, 0) is 26.4 Å². The van der Waals surface area contributed by atoms with E-state index in [0.29, 0.717) is 22.3 Å². The lowest BCUT2D eigenvalue weighted by Crippen LogP contribution is -2.05. The van der Waals surface area contributed by atoms with E-state index in [4.69, 9.17) is 0 Å². The molecular weight excluding hydrogens is 550 g/mol. The van der Waals surface area contributed by atoms with Gasteiger partial charge in [-0.3, -0.25) is 0 Å². The van der Waals surface area contributed by atoms with Crippen LogP contribution >= 0.6 is 0 Å². The van der Waals surface area contributed by atoms with Gasteiger partial charge in [-0.2, -0.15) is 26.3 Å². The molecule has 0 saturated heterocycles. The molecule has 210 valence electrons. The summed E-state index contributed by atoms with van der Waals surface area (Å²) in [7, 11) is 3.86. The van der Waals surface area contributed by atoms with Crippen LogP contribution in [0.25, 0.3) is 65.9 Å². The fourth-order valence-electron chi connectivity index (χ4n) is 6.33. The Kier molecular flexibility index (Phi) is 5.54. The molecule has 5 aromatic carbocycles. The molecule has 2 heterocycles. The Bertz CT molecular complexity index is 2160. The number of alkyl halides is 6. The van der Waals surface area contributed by atoms with E-state index in [1.807, 2.05) is 67.2 Å². The lowest BCUT2D eigenvalue weighted by Gasteiger charge is -2.18. The van der Waals surface area contributed by atoms with Crippen molar-refractivity contribution in [3.8, 4) is 22.3 Å². The normalized spacial score (nSPS) is 12.8. The molecule has 0 atom stereocenters. The highest BCUT2D eigenvalue weighted by molar-refractivity contribution is 6.33. The number of aryl methyl sites for hydroxylation is 2. The SMILES string of the molecule is Cn1c2ccccc2c2c1c(-c1ccc(C(F)(F)F)cc1)c(-c1ccc(C(F)(F)F)cc1)c1c3ccccc3n(C)c12. The van der Waals surface area contributed by atoms with E-state index in [1.165, 1.54) is 24.3 Å². The first-order valence-corrected chi connectivity index (χ1v) is 13.2. The van der Waals surface area contributed by atoms with Crippen molar-refractivity contribution in [2.75, 3.05) is 0 Å². The standard InChI is InChI=1S/C34H22F6N2/c1-41-26-10-6-4-8-24(26)30-31(41)28(20-13-17-22(18-14-20)34(38,39)40)27(19-11-15-21(16-12-19)33(35,36)37)29-23-7-3-5-9-25(23)42(2)32(29)30/h3-18H,1-2H3. The molecule has 7 aromatic rings. The van der Waals surface area contributed by atoms with Crippen LogP contribution in [0.4, 0.5) is 26.3 Å². The third-order valence-corrected chi connectivity index (χ3v) is 8.19. The Morgan fingerprint density at radius 2 is 0.857 bits per heavy atom. The highest BCUT2D eigenvalue weighted by atomic mass is 19.4. The fraction of sp³-hybridized carbons (Fsp3) is 0.118. The zero-order chi connectivity index (χ0) is 29.6. The molecule has 42 heavy (non-hydrogen) atoms. The number of halogens is 6. The van der Waals surface area contributed by atoms with Gasteiger partial charge in [0.2, 0.25) is 0 Å². The summed E-state index contributed by atoms with van der Waals surface area (Å²) >= 11 is 0. The van der Waals surface area contributed by atoms with Gasteiger partial charge in [-0.15, -0.1) is 0 Å². The predicted octanol–water partition coefficient (Wildman–Crippen LogP) is 10.3. The van der Waals surface area contributed by atoms with E-state index >= 15 is 0 Å². The fourth-order valence-corrected chi connectivity index (χ4v) is 6.33. The molecule has 0 fully saturated rings. The Morgan fingerprint density at radius 1 is 0.452 bits per heavy atom. The zero-order valence-corrected chi connectivity index (χ0v) is 22.4. The average molecular weight is 573 g/mol. The number of hydrogen-bond donors (Lipinski definition) is 0. The van der Waals surface area contributed by atoms with Crippen LogP contribution in [-0.4, -0.2) is 9.13 Å². The van der Waals surface area contributed by atoms with Crippen LogP contribution in [0.1, 0.15) is 11.1 Å². The molecule has 7 rings (SSSR count). The summed E-state index contributed by atoms with van der Waals surface area (Å²) < 4.78 is 85.4. The van der Waals surface area contributed by atoms with Crippen molar-refractivity contribution in [3.05, 3.63) is 108 Å². The van der Waals surface area contributed by atoms with E-state index in [1.54, 1.807) is 0 Å². The molecule has 2 aromatic heterocycles. The third-order valence-electron chi connectivity index (χ3n) is 8.19. The van der Waals surface area contributed by atoms with Crippen molar-refractivity contribution in [1.29, 1.82) is 0 Å². The smallest absolute Gasteiger partial charge is 0.343 e. The van der Waals surface area contributed by atoms with Gasteiger partial charge in [0, 0.05) is 57.8 Å². The summed E-state index contributed by atoms with van der Waals surface area (Å²) in [6.07, 6.45) is -9.02. The number of hydrogen-bond acceptors (Lipinski definition) is 0. The highest BCUT2D eigenvalue weighted by Crippen LogP contribution is 2.50. The topological polar surface area (TPSA) is 9.86 Å². The van der Waals surface area contributed by atoms with Crippen molar-refractivity contribution in [2.45, 2.75) is 12.4 Å². The number of fused-ring (bicyclic) bond motifs is 7. The molecule has 0 radical (unpaired) electrons. The van der Waals surface area contributed by atoms with Crippen LogP contribution in [0, 0.1) is 0 Å². The van der Waals surface area contributed by atoms with Gasteiger partial charge in [0.05, 0.1) is 22.2 Å². The number of para-hydroxylation sites is 2. The highest BCUT2D eigenvalue weighted by Gasteiger charge is 2.32. The molecule has 0 N–H and O–H groups in total. The summed E-state index contributed by atoms with van der Waals surface area (Å²) in [6, 6.07) is 25.6. The van der Waals surface area contributed by atoms with E-state index in [9.17, 15) is 26.3 Å². The quantitative estimate of drug-likeness (QED) is 0.183. The van der Waals surface area contributed by atoms with Gasteiger partial charge in [-0.05, 0) is 47.5 Å². The van der Waals surface area contributed by atoms with Crippen molar-refractivity contribution in [1.82, 2.24) is 9.13 Å². The zero-order valence-electron chi connectivity index (χ0n) is 22.4. The summed E-state index contributed by atoms with van der Waals surface area (Å²) in [5.74, 6) is 0. The Labute approximate surface area is 236 Å². The minimum absolute atomic E-state index is 0.531. The summed E-state index contributed by atoms with van der Waals surface area (Å²) in [6.45, 7) is 0. The molecule has 0 spiro atoms. The monoisotopic (exact) mass is 572 g/mol. The molecule has 0 saturated carbocycles. The molecule has 0 amide bonds.